The van der Waals surface area contributed by atoms with Crippen LogP contribution in [0.4, 0.5) is 10.6 Å². The number of ether oxygens (including phenoxy) is 1. The van der Waals surface area contributed by atoms with Crippen molar-refractivity contribution in [2.24, 2.45) is 0 Å². The Bertz CT molecular complexity index is 826. The van der Waals surface area contributed by atoms with Crippen LogP contribution in [0.25, 0.3) is 11.2 Å². The zero-order valence-corrected chi connectivity index (χ0v) is 14.7. The summed E-state index contributed by atoms with van der Waals surface area (Å²) in [6.45, 7) is 5.50. The predicted molar refractivity (Wildman–Crippen MR) is 93.2 cm³/mol. The molecule has 2 aromatic rings. The van der Waals surface area contributed by atoms with Crippen LogP contribution in [0.15, 0.2) is 11.1 Å². The molecule has 0 atom stereocenters. The number of fused-ring (bicyclic) bond motifs is 1. The number of aromatic nitrogens is 4. The SMILES string of the molecule is CC(C)(C)OC(=O)N[C@H]1CC[C@H](n2c(=O)[nH]c3c(N)ncnc32)CC1. The number of aromatic amines is 1. The number of nitrogens with zero attached hydrogens (tertiary/aromatic N) is 3. The second-order valence-corrected chi connectivity index (χ2v) is 7.41. The van der Waals surface area contributed by atoms with E-state index in [2.05, 4.69) is 20.3 Å². The molecule has 0 aromatic carbocycles. The Balaban J connectivity index is 1.67. The summed E-state index contributed by atoms with van der Waals surface area (Å²) in [7, 11) is 0. The van der Waals surface area contributed by atoms with Gasteiger partial charge in [-0.15, -0.1) is 0 Å². The first-order valence-corrected chi connectivity index (χ1v) is 8.45. The third-order valence-corrected chi connectivity index (χ3v) is 4.32. The first-order chi connectivity index (χ1) is 11.7. The van der Waals surface area contributed by atoms with Gasteiger partial charge in [0.05, 0.1) is 0 Å². The highest BCUT2D eigenvalue weighted by Crippen LogP contribution is 2.30. The van der Waals surface area contributed by atoms with Gasteiger partial charge in [-0.05, 0) is 46.5 Å². The lowest BCUT2D eigenvalue weighted by atomic mass is 9.91. The van der Waals surface area contributed by atoms with E-state index in [0.29, 0.717) is 11.2 Å². The minimum Gasteiger partial charge on any atom is -0.444 e. The van der Waals surface area contributed by atoms with Gasteiger partial charge in [0.15, 0.2) is 11.5 Å². The van der Waals surface area contributed by atoms with Gasteiger partial charge >= 0.3 is 11.8 Å². The lowest BCUT2D eigenvalue weighted by Crippen LogP contribution is -2.41. The van der Waals surface area contributed by atoms with Crippen molar-refractivity contribution in [3.05, 3.63) is 16.8 Å². The van der Waals surface area contributed by atoms with Crippen molar-refractivity contribution in [3.8, 4) is 0 Å². The zero-order chi connectivity index (χ0) is 18.2. The van der Waals surface area contributed by atoms with E-state index in [1.54, 1.807) is 4.57 Å². The molecular formula is C16H24N6O3. The number of amides is 1. The Hall–Kier alpha value is -2.58. The van der Waals surface area contributed by atoms with Gasteiger partial charge in [-0.3, -0.25) is 4.57 Å². The topological polar surface area (TPSA) is 128 Å². The quantitative estimate of drug-likeness (QED) is 0.758. The maximum Gasteiger partial charge on any atom is 0.407 e. The second kappa shape index (κ2) is 6.38. The maximum atomic E-state index is 12.3. The van der Waals surface area contributed by atoms with E-state index in [4.69, 9.17) is 10.5 Å². The summed E-state index contributed by atoms with van der Waals surface area (Å²) >= 11 is 0. The lowest BCUT2D eigenvalue weighted by molar-refractivity contribution is 0.0488. The number of H-pyrrole nitrogens is 1. The Morgan fingerprint density at radius 2 is 2.00 bits per heavy atom. The second-order valence-electron chi connectivity index (χ2n) is 7.41. The number of alkyl carbamates (subject to hydrolysis) is 1. The molecule has 25 heavy (non-hydrogen) atoms. The number of nitrogens with one attached hydrogen (secondary N) is 2. The fourth-order valence-corrected chi connectivity index (χ4v) is 3.25. The van der Waals surface area contributed by atoms with E-state index in [0.717, 1.165) is 25.7 Å². The molecule has 1 fully saturated rings. The van der Waals surface area contributed by atoms with Gasteiger partial charge in [0, 0.05) is 12.1 Å². The number of nitrogens with two attached hydrogens (primary N) is 1. The molecule has 0 saturated heterocycles. The highest BCUT2D eigenvalue weighted by atomic mass is 16.6. The van der Waals surface area contributed by atoms with Crippen LogP contribution in [0.5, 0.6) is 0 Å². The summed E-state index contributed by atoms with van der Waals surface area (Å²) in [5.41, 5.74) is 6.06. The van der Waals surface area contributed by atoms with Crippen LogP contribution in [0, 0.1) is 0 Å². The summed E-state index contributed by atoms with van der Waals surface area (Å²) in [4.78, 5) is 35.0. The van der Waals surface area contributed by atoms with Crippen molar-refractivity contribution in [3.63, 3.8) is 0 Å². The number of carbonyl (C=O) groups excluding carboxylic acids is 1. The van der Waals surface area contributed by atoms with E-state index >= 15 is 0 Å². The van der Waals surface area contributed by atoms with Crippen LogP contribution in [-0.2, 0) is 4.74 Å². The Kier molecular flexibility index (Phi) is 4.40. The highest BCUT2D eigenvalue weighted by molar-refractivity contribution is 5.81. The molecule has 2 heterocycles. The molecule has 1 aliphatic carbocycles. The van der Waals surface area contributed by atoms with Crippen LogP contribution in [0.3, 0.4) is 0 Å². The van der Waals surface area contributed by atoms with Gasteiger partial charge in [0.2, 0.25) is 0 Å². The molecule has 1 saturated carbocycles. The minimum atomic E-state index is -0.516. The Morgan fingerprint density at radius 1 is 1.32 bits per heavy atom. The van der Waals surface area contributed by atoms with Crippen LogP contribution in [0.1, 0.15) is 52.5 Å². The zero-order valence-electron chi connectivity index (χ0n) is 14.7. The summed E-state index contributed by atoms with van der Waals surface area (Å²) in [5, 5.41) is 2.90. The molecule has 9 heteroatoms. The van der Waals surface area contributed by atoms with Crippen LogP contribution >= 0.6 is 0 Å². The van der Waals surface area contributed by atoms with Crippen molar-refractivity contribution in [2.45, 2.75) is 64.1 Å². The largest absolute Gasteiger partial charge is 0.444 e. The fourth-order valence-electron chi connectivity index (χ4n) is 3.25. The number of anilines is 1. The molecule has 2 aromatic heterocycles. The monoisotopic (exact) mass is 348 g/mol. The number of imidazole rings is 1. The summed E-state index contributed by atoms with van der Waals surface area (Å²) in [5.74, 6) is 0.265. The number of hydrogen-bond acceptors (Lipinski definition) is 6. The predicted octanol–water partition coefficient (Wildman–Crippen LogP) is 1.71. The third-order valence-electron chi connectivity index (χ3n) is 4.32. The lowest BCUT2D eigenvalue weighted by Gasteiger charge is -2.30. The van der Waals surface area contributed by atoms with Crippen LogP contribution < -0.4 is 16.7 Å². The molecule has 136 valence electrons. The van der Waals surface area contributed by atoms with E-state index in [1.807, 2.05) is 20.8 Å². The molecule has 0 aliphatic heterocycles. The molecule has 0 radical (unpaired) electrons. The number of rotatable bonds is 2. The van der Waals surface area contributed by atoms with E-state index in [9.17, 15) is 9.59 Å². The fraction of sp³-hybridized carbons (Fsp3) is 0.625. The molecule has 1 amide bonds. The van der Waals surface area contributed by atoms with Gasteiger partial charge in [-0.1, -0.05) is 0 Å². The Morgan fingerprint density at radius 3 is 2.64 bits per heavy atom. The molecule has 0 spiro atoms. The molecular weight excluding hydrogens is 324 g/mol. The first kappa shape index (κ1) is 17.2. The Labute approximate surface area is 145 Å². The van der Waals surface area contributed by atoms with Gasteiger partial charge in [0.1, 0.15) is 17.4 Å². The summed E-state index contributed by atoms with van der Waals surface area (Å²) in [6.07, 6.45) is 4.01. The molecule has 4 N–H and O–H groups in total. The van der Waals surface area contributed by atoms with Crippen molar-refractivity contribution < 1.29 is 9.53 Å². The standard InChI is InChI=1S/C16H24N6O3/c1-16(2,3)25-15(24)20-9-4-6-10(7-5-9)22-13-11(21-14(22)23)12(17)18-8-19-13/h8-10H,4-7H2,1-3H3,(H,20,24)(H,21,23)(H2,17,18,19)/t9-,10-. The molecule has 9 nitrogen and oxygen atoms in total. The average molecular weight is 348 g/mol. The summed E-state index contributed by atoms with van der Waals surface area (Å²) < 4.78 is 6.94. The molecule has 3 rings (SSSR count). The van der Waals surface area contributed by atoms with Crippen molar-refractivity contribution in [2.75, 3.05) is 5.73 Å². The van der Waals surface area contributed by atoms with Gasteiger partial charge in [-0.2, -0.15) is 0 Å². The van der Waals surface area contributed by atoms with E-state index in [1.165, 1.54) is 6.33 Å². The number of nitrogen functional groups attached to an aromatic ring is 1. The number of hydrogen-bond donors (Lipinski definition) is 3. The summed E-state index contributed by atoms with van der Waals surface area (Å²) in [6, 6.07) is 0.0685. The molecule has 0 unspecified atom stereocenters. The highest BCUT2D eigenvalue weighted by Gasteiger charge is 2.28. The van der Waals surface area contributed by atoms with Crippen LogP contribution in [-0.4, -0.2) is 37.3 Å². The molecule has 1 aliphatic rings. The molecule has 0 bridgehead atoms. The van der Waals surface area contributed by atoms with E-state index < -0.39 is 11.7 Å². The normalized spacial score (nSPS) is 21.2. The van der Waals surface area contributed by atoms with Crippen molar-refractivity contribution in [1.82, 2.24) is 24.8 Å². The van der Waals surface area contributed by atoms with Gasteiger partial charge in [-0.25, -0.2) is 19.6 Å². The smallest absolute Gasteiger partial charge is 0.407 e. The van der Waals surface area contributed by atoms with Crippen molar-refractivity contribution >= 4 is 23.1 Å². The maximum absolute atomic E-state index is 12.3. The first-order valence-electron chi connectivity index (χ1n) is 8.45. The van der Waals surface area contributed by atoms with Gasteiger partial charge in [0.25, 0.3) is 0 Å². The van der Waals surface area contributed by atoms with Gasteiger partial charge < -0.3 is 20.8 Å². The number of carbonyl (C=O) groups is 1. The average Bonchev–Trinajstić information content (AvgIpc) is 2.84. The van der Waals surface area contributed by atoms with Crippen LogP contribution in [0.2, 0.25) is 0 Å². The van der Waals surface area contributed by atoms with E-state index in [-0.39, 0.29) is 23.6 Å². The van der Waals surface area contributed by atoms with Crippen molar-refractivity contribution in [1.29, 1.82) is 0 Å². The third kappa shape index (κ3) is 3.75. The minimum absolute atomic E-state index is 0.0206.